The second-order valence-corrected chi connectivity index (χ2v) is 9.54. The molecule has 2 aromatic rings. The highest BCUT2D eigenvalue weighted by atomic mass is 35.5. The van der Waals surface area contributed by atoms with Gasteiger partial charge in [-0.15, -0.1) is 0 Å². The number of nitrogens with one attached hydrogen (secondary N) is 3. The van der Waals surface area contributed by atoms with Crippen molar-refractivity contribution in [3.63, 3.8) is 0 Å². The number of likely N-dealkylation sites (tertiary alicyclic amines) is 1. The van der Waals surface area contributed by atoms with Gasteiger partial charge in [-0.05, 0) is 37.3 Å². The number of benzene rings is 2. The van der Waals surface area contributed by atoms with Gasteiger partial charge in [0.25, 0.3) is 0 Å². The van der Waals surface area contributed by atoms with E-state index in [1.807, 2.05) is 0 Å². The van der Waals surface area contributed by atoms with Crippen LogP contribution in [-0.2, 0) is 9.59 Å². The number of rotatable bonds is 6. The lowest BCUT2D eigenvalue weighted by atomic mass is 9.99. The third-order valence-electron chi connectivity index (χ3n) is 6.42. The summed E-state index contributed by atoms with van der Waals surface area (Å²) in [6, 6.07) is 11.3. The van der Waals surface area contributed by atoms with Crippen LogP contribution in [0, 0.1) is 10.8 Å². The zero-order valence-electron chi connectivity index (χ0n) is 20.9. The quantitative estimate of drug-likeness (QED) is 0.275. The van der Waals surface area contributed by atoms with Crippen molar-refractivity contribution in [2.75, 3.05) is 31.6 Å². The summed E-state index contributed by atoms with van der Waals surface area (Å²) < 4.78 is 5.41. The van der Waals surface area contributed by atoms with Gasteiger partial charge in [0.1, 0.15) is 23.5 Å². The molecule has 11 nitrogen and oxygen atoms in total. The van der Waals surface area contributed by atoms with Gasteiger partial charge in [-0.25, -0.2) is 0 Å². The van der Waals surface area contributed by atoms with E-state index in [9.17, 15) is 19.8 Å². The van der Waals surface area contributed by atoms with Gasteiger partial charge in [-0.3, -0.25) is 30.3 Å². The molecule has 38 heavy (non-hydrogen) atoms. The van der Waals surface area contributed by atoms with E-state index >= 15 is 0 Å². The van der Waals surface area contributed by atoms with Gasteiger partial charge in [-0.2, -0.15) is 0 Å². The van der Waals surface area contributed by atoms with Crippen molar-refractivity contribution < 1.29 is 24.5 Å². The Balaban J connectivity index is 1.64. The number of ether oxygens (including phenoxy) is 1. The van der Waals surface area contributed by atoms with Crippen molar-refractivity contribution in [2.45, 2.75) is 31.6 Å². The number of anilines is 1. The number of amidine groups is 2. The highest BCUT2D eigenvalue weighted by Crippen LogP contribution is 2.33. The molecule has 0 unspecified atom stereocenters. The molecule has 2 aliphatic heterocycles. The predicted molar refractivity (Wildman–Crippen MR) is 144 cm³/mol. The Morgan fingerprint density at radius 1 is 1.16 bits per heavy atom. The number of benzodiazepines with no additional fused rings is 1. The normalized spacial score (nSPS) is 20.9. The molecular formula is C26H29ClN6O5. The van der Waals surface area contributed by atoms with E-state index in [0.717, 1.165) is 0 Å². The van der Waals surface area contributed by atoms with Crippen LogP contribution in [0.15, 0.2) is 47.5 Å². The molecule has 5 N–H and O–H groups in total. The molecule has 0 spiro atoms. The van der Waals surface area contributed by atoms with Crippen LogP contribution in [0.2, 0.25) is 5.02 Å². The van der Waals surface area contributed by atoms with E-state index in [0.29, 0.717) is 33.3 Å². The molecule has 2 heterocycles. The average Bonchev–Trinajstić information content (AvgIpc) is 3.17. The van der Waals surface area contributed by atoms with E-state index < -0.39 is 30.1 Å². The van der Waals surface area contributed by atoms with Gasteiger partial charge in [0, 0.05) is 29.2 Å². The maximum atomic E-state index is 12.9. The first-order valence-corrected chi connectivity index (χ1v) is 12.3. The van der Waals surface area contributed by atoms with Crippen LogP contribution in [0.25, 0.3) is 0 Å². The van der Waals surface area contributed by atoms with E-state index in [1.165, 1.54) is 16.9 Å². The van der Waals surface area contributed by atoms with Crippen LogP contribution < -0.4 is 15.0 Å². The summed E-state index contributed by atoms with van der Waals surface area (Å²) in [6.07, 6.45) is -2.28. The highest BCUT2D eigenvalue weighted by Gasteiger charge is 2.34. The molecule has 3 atom stereocenters. The fourth-order valence-corrected chi connectivity index (χ4v) is 4.57. The largest absolute Gasteiger partial charge is 0.497 e. The van der Waals surface area contributed by atoms with Crippen molar-refractivity contribution >= 4 is 46.5 Å². The first-order chi connectivity index (χ1) is 18.1. The Kier molecular flexibility index (Phi) is 8.10. The smallest absolute Gasteiger partial charge is 0.242 e. The third kappa shape index (κ3) is 5.69. The van der Waals surface area contributed by atoms with Gasteiger partial charge < -0.3 is 25.2 Å². The Morgan fingerprint density at radius 3 is 2.42 bits per heavy atom. The highest BCUT2D eigenvalue weighted by molar-refractivity contribution is 6.31. The van der Waals surface area contributed by atoms with E-state index in [1.54, 1.807) is 49.4 Å². The number of methoxy groups -OCH3 is 1. The summed E-state index contributed by atoms with van der Waals surface area (Å²) in [5.41, 5.74) is 2.36. The molecule has 0 saturated carbocycles. The average molecular weight is 541 g/mol. The number of aliphatic imine (C=N–C) groups is 1. The Morgan fingerprint density at radius 2 is 1.82 bits per heavy atom. The van der Waals surface area contributed by atoms with Gasteiger partial charge in [0.2, 0.25) is 11.8 Å². The van der Waals surface area contributed by atoms with Crippen molar-refractivity contribution in [1.29, 1.82) is 10.8 Å². The summed E-state index contributed by atoms with van der Waals surface area (Å²) in [6.45, 7) is 1.21. The summed E-state index contributed by atoms with van der Waals surface area (Å²) >= 11 is 6.10. The summed E-state index contributed by atoms with van der Waals surface area (Å²) in [4.78, 5) is 32.8. The van der Waals surface area contributed by atoms with Gasteiger partial charge in [0.05, 0.1) is 43.7 Å². The molecule has 2 aliphatic rings. The lowest BCUT2D eigenvalue weighted by molar-refractivity contribution is -0.132. The third-order valence-corrected chi connectivity index (χ3v) is 6.67. The zero-order valence-corrected chi connectivity index (χ0v) is 21.7. The molecule has 2 aromatic carbocycles. The van der Waals surface area contributed by atoms with Gasteiger partial charge in [0.15, 0.2) is 0 Å². The Bertz CT molecular complexity index is 1290. The molecule has 2 amide bonds. The fourth-order valence-electron chi connectivity index (χ4n) is 4.44. The summed E-state index contributed by atoms with van der Waals surface area (Å²) in [7, 11) is 1.54. The van der Waals surface area contributed by atoms with E-state index in [2.05, 4.69) is 5.32 Å². The Labute approximate surface area is 224 Å². The zero-order chi connectivity index (χ0) is 27.6. The second kappa shape index (κ2) is 11.3. The number of amides is 2. The molecule has 0 radical (unpaired) electrons. The van der Waals surface area contributed by atoms with Crippen molar-refractivity contribution in [3.05, 3.63) is 58.6 Å². The molecule has 12 heteroatoms. The standard InChI is InChI=1S/C26H29ClN6O5/c1-14(28)33-20-8-7-17(38-2)9-18(20)25(15-3-5-16(27)6-4-15)31-19(26(33)29)10-23(36)30-11-24(37)32-12-21(34)22(35)13-32/h3-9,19,21-22,28-29,34-35H,10-13H2,1-2H3,(H,30,36)/t19-,21-,22+/m0/s1. The molecule has 4 rings (SSSR count). The van der Waals surface area contributed by atoms with Crippen LogP contribution >= 0.6 is 11.6 Å². The molecule has 0 aromatic heterocycles. The van der Waals surface area contributed by atoms with Gasteiger partial charge in [-0.1, -0.05) is 23.7 Å². The number of hydrogen-bond acceptors (Lipinski definition) is 8. The number of fused-ring (bicyclic) bond motifs is 1. The first kappa shape index (κ1) is 27.2. The lowest BCUT2D eigenvalue weighted by Gasteiger charge is -2.26. The number of hydrogen-bond donors (Lipinski definition) is 5. The predicted octanol–water partition coefficient (Wildman–Crippen LogP) is 1.42. The minimum absolute atomic E-state index is 0.00677. The first-order valence-electron chi connectivity index (χ1n) is 12.0. The molecule has 1 saturated heterocycles. The second-order valence-electron chi connectivity index (χ2n) is 9.10. The number of β-amino-alcohol motifs (C(OH)–C–C–N with tert-alkyl or cyclic N) is 2. The number of halogens is 1. The van der Waals surface area contributed by atoms with Crippen molar-refractivity contribution in [2.24, 2.45) is 4.99 Å². The fraction of sp³-hybridized carbons (Fsp3) is 0.346. The molecule has 0 bridgehead atoms. The monoisotopic (exact) mass is 540 g/mol. The molecule has 0 aliphatic carbocycles. The van der Waals surface area contributed by atoms with Crippen LogP contribution in [0.4, 0.5) is 5.69 Å². The summed E-state index contributed by atoms with van der Waals surface area (Å²) in [5, 5.41) is 39.7. The minimum Gasteiger partial charge on any atom is -0.497 e. The van der Waals surface area contributed by atoms with Gasteiger partial charge >= 0.3 is 0 Å². The van der Waals surface area contributed by atoms with Crippen molar-refractivity contribution in [3.8, 4) is 5.75 Å². The number of nitrogens with zero attached hydrogens (tertiary/aromatic N) is 3. The molecule has 200 valence electrons. The Hall–Kier alpha value is -3.80. The van der Waals surface area contributed by atoms with Crippen LogP contribution in [0.1, 0.15) is 24.5 Å². The SMILES string of the molecule is COc1ccc2c(c1)C(c1ccc(Cl)cc1)=N[C@@H](CC(=O)NCC(=O)N1C[C@@H](O)[C@@H](O)C1)C(=N)N2C(C)=N. The lowest BCUT2D eigenvalue weighted by Crippen LogP contribution is -2.44. The van der Waals surface area contributed by atoms with Crippen molar-refractivity contribution in [1.82, 2.24) is 10.2 Å². The maximum Gasteiger partial charge on any atom is 0.242 e. The number of carbonyl (C=O) groups excluding carboxylic acids is 2. The van der Waals surface area contributed by atoms with E-state index in [4.69, 9.17) is 32.1 Å². The minimum atomic E-state index is -1.02. The maximum absolute atomic E-state index is 12.9. The van der Waals surface area contributed by atoms with Crippen LogP contribution in [0.3, 0.4) is 0 Å². The van der Waals surface area contributed by atoms with E-state index in [-0.39, 0.29) is 37.7 Å². The van der Waals surface area contributed by atoms with Crippen LogP contribution in [-0.4, -0.2) is 89.3 Å². The summed E-state index contributed by atoms with van der Waals surface area (Å²) in [5.74, 6) is -0.391. The molecular weight excluding hydrogens is 512 g/mol. The number of carbonyl (C=O) groups is 2. The number of aliphatic hydroxyl groups is 2. The van der Waals surface area contributed by atoms with Crippen LogP contribution in [0.5, 0.6) is 5.75 Å². The molecule has 1 fully saturated rings. The number of aliphatic hydroxyl groups excluding tert-OH is 2. The topological polar surface area (TPSA) is 162 Å².